The van der Waals surface area contributed by atoms with E-state index in [2.05, 4.69) is 24.6 Å². The molecule has 0 aliphatic carbocycles. The molecular weight excluding hydrogens is 461 g/mol. The highest BCUT2D eigenvalue weighted by Gasteiger charge is 2.22. The molecule has 0 saturated carbocycles. The van der Waals surface area contributed by atoms with Gasteiger partial charge < -0.3 is 20.1 Å². The fraction of sp³-hybridized carbons (Fsp3) is 0.458. The molecule has 1 aromatic carbocycles. The van der Waals surface area contributed by atoms with Crippen LogP contribution in [-0.2, 0) is 11.3 Å². The number of nitrogens with zero attached hydrogens (tertiary/aromatic N) is 5. The summed E-state index contributed by atoms with van der Waals surface area (Å²) in [6.07, 6.45) is 4.24. The number of benzene rings is 1. The number of piperazine rings is 1. The van der Waals surface area contributed by atoms with Crippen molar-refractivity contribution in [3.8, 4) is 5.75 Å². The van der Waals surface area contributed by atoms with Crippen molar-refractivity contribution in [3.63, 3.8) is 0 Å². The summed E-state index contributed by atoms with van der Waals surface area (Å²) >= 11 is 0. The van der Waals surface area contributed by atoms with E-state index in [1.807, 2.05) is 17.9 Å². The van der Waals surface area contributed by atoms with Crippen molar-refractivity contribution in [2.45, 2.75) is 32.9 Å². The molecule has 0 unspecified atom stereocenters. The molecule has 2 saturated heterocycles. The maximum absolute atomic E-state index is 14.2. The Labute approximate surface area is 201 Å². The van der Waals surface area contributed by atoms with E-state index in [9.17, 15) is 13.2 Å². The Morgan fingerprint density at radius 1 is 1.06 bits per heavy atom. The highest BCUT2D eigenvalue weighted by Crippen LogP contribution is 2.25. The van der Waals surface area contributed by atoms with Crippen LogP contribution in [0, 0.1) is 12.7 Å². The van der Waals surface area contributed by atoms with E-state index in [1.165, 1.54) is 25.0 Å². The second kappa shape index (κ2) is 11.5. The zero-order chi connectivity index (χ0) is 24.8. The largest absolute Gasteiger partial charge is 0.435 e. The number of nitrogen functional groups attached to an aromatic ring is 1. The van der Waals surface area contributed by atoms with Gasteiger partial charge in [-0.05, 0) is 31.9 Å². The van der Waals surface area contributed by atoms with Gasteiger partial charge in [0.2, 0.25) is 0 Å². The first-order chi connectivity index (χ1) is 16.9. The summed E-state index contributed by atoms with van der Waals surface area (Å²) < 4.78 is 47.9. The summed E-state index contributed by atoms with van der Waals surface area (Å²) in [5, 5.41) is 0. The fourth-order valence-corrected chi connectivity index (χ4v) is 4.00. The van der Waals surface area contributed by atoms with Gasteiger partial charge in [0.25, 0.3) is 0 Å². The lowest BCUT2D eigenvalue weighted by atomic mass is 10.1. The van der Waals surface area contributed by atoms with Crippen molar-refractivity contribution in [2.24, 2.45) is 0 Å². The van der Waals surface area contributed by atoms with Crippen LogP contribution in [0.1, 0.15) is 24.1 Å². The predicted molar refractivity (Wildman–Crippen MR) is 127 cm³/mol. The topological polar surface area (TPSA) is 89.6 Å². The van der Waals surface area contributed by atoms with E-state index in [-0.39, 0.29) is 5.75 Å². The molecule has 2 aromatic heterocycles. The van der Waals surface area contributed by atoms with Gasteiger partial charge in [0, 0.05) is 63.3 Å². The number of fused-ring (bicyclic) bond motifs is 1. The molecule has 11 heteroatoms. The lowest BCUT2D eigenvalue weighted by Crippen LogP contribution is -2.46. The van der Waals surface area contributed by atoms with Gasteiger partial charge in [0.05, 0.1) is 11.7 Å². The van der Waals surface area contributed by atoms with Crippen molar-refractivity contribution in [1.29, 1.82) is 0 Å². The van der Waals surface area contributed by atoms with Gasteiger partial charge in [-0.15, -0.1) is 0 Å². The molecule has 2 aliphatic rings. The van der Waals surface area contributed by atoms with Crippen molar-refractivity contribution in [3.05, 3.63) is 47.5 Å². The Kier molecular flexibility index (Phi) is 8.19. The monoisotopic (exact) mass is 490 g/mol. The molecule has 0 radical (unpaired) electrons. The number of alkyl halides is 2. The number of ether oxygens (including phenoxy) is 2. The number of hydrogen-bond donors (Lipinski definition) is 1. The maximum atomic E-state index is 14.2. The van der Waals surface area contributed by atoms with Crippen LogP contribution in [0.25, 0.3) is 11.0 Å². The summed E-state index contributed by atoms with van der Waals surface area (Å²) in [5.41, 5.74) is 8.79. The van der Waals surface area contributed by atoms with E-state index < -0.39 is 12.4 Å². The lowest BCUT2D eigenvalue weighted by molar-refractivity contribution is -0.0500. The summed E-state index contributed by atoms with van der Waals surface area (Å²) in [4.78, 5) is 17.4. The molecule has 0 spiro atoms. The molecule has 188 valence electrons. The first-order valence-electron chi connectivity index (χ1n) is 11.6. The number of nitrogens with two attached hydrogens (primary N) is 1. The third kappa shape index (κ3) is 6.70. The average Bonchev–Trinajstić information content (AvgIpc) is 3.41. The van der Waals surface area contributed by atoms with E-state index in [1.54, 1.807) is 6.20 Å². The molecule has 35 heavy (non-hydrogen) atoms. The first kappa shape index (κ1) is 24.9. The molecule has 0 atom stereocenters. The highest BCUT2D eigenvalue weighted by atomic mass is 19.3. The van der Waals surface area contributed by atoms with Crippen LogP contribution >= 0.6 is 0 Å². The quantitative estimate of drug-likeness (QED) is 0.578. The summed E-state index contributed by atoms with van der Waals surface area (Å²) in [7, 11) is 0. The van der Waals surface area contributed by atoms with E-state index in [0.717, 1.165) is 25.0 Å². The minimum atomic E-state index is -2.98. The van der Waals surface area contributed by atoms with Gasteiger partial charge in [-0.2, -0.15) is 8.78 Å². The van der Waals surface area contributed by atoms with Gasteiger partial charge in [0.15, 0.2) is 11.6 Å². The molecule has 4 heterocycles. The SMILES string of the molecule is C1CCOC1.Cc1cc2nc(N)c(N3CCN(Cc4ccc(OC(F)F)cc4F)CC3)nc2cn1. The Hall–Kier alpha value is -3.18. The van der Waals surface area contributed by atoms with Gasteiger partial charge in [-0.25, -0.2) is 14.4 Å². The zero-order valence-corrected chi connectivity index (χ0v) is 19.6. The van der Waals surface area contributed by atoms with E-state index in [4.69, 9.17) is 10.5 Å². The van der Waals surface area contributed by atoms with Gasteiger partial charge in [0.1, 0.15) is 17.1 Å². The van der Waals surface area contributed by atoms with Gasteiger partial charge in [-0.1, -0.05) is 6.07 Å². The number of aromatic nitrogens is 3. The minimum absolute atomic E-state index is 0.189. The van der Waals surface area contributed by atoms with E-state index in [0.29, 0.717) is 61.0 Å². The van der Waals surface area contributed by atoms with Crippen molar-refractivity contribution < 1.29 is 22.6 Å². The van der Waals surface area contributed by atoms with Gasteiger partial charge >= 0.3 is 6.61 Å². The van der Waals surface area contributed by atoms with Crippen LogP contribution < -0.4 is 15.4 Å². The summed E-state index contributed by atoms with van der Waals surface area (Å²) in [5.74, 6) is 0.226. The Balaban J connectivity index is 0.000000514. The van der Waals surface area contributed by atoms with Crippen LogP contribution in [0.4, 0.5) is 24.8 Å². The third-order valence-corrected chi connectivity index (χ3v) is 5.84. The standard InChI is InChI=1S/C20H21F3N6O.C4H8O/c1-12-8-16-17(10-25-12)27-19(18(24)26-16)29-6-4-28(5-7-29)11-13-2-3-14(9-15(13)21)30-20(22)23;1-2-4-5-3-1/h2-3,8-10,20H,4-7,11H2,1H3,(H2,24,26);1-4H2. The fourth-order valence-electron chi connectivity index (χ4n) is 4.00. The van der Waals surface area contributed by atoms with Crippen LogP contribution in [0.5, 0.6) is 5.75 Å². The van der Waals surface area contributed by atoms with Crippen molar-refractivity contribution >= 4 is 22.7 Å². The minimum Gasteiger partial charge on any atom is -0.435 e. The van der Waals surface area contributed by atoms with Crippen molar-refractivity contribution in [1.82, 2.24) is 19.9 Å². The number of anilines is 2. The number of aryl methyl sites for hydroxylation is 1. The van der Waals surface area contributed by atoms with Gasteiger partial charge in [-0.3, -0.25) is 9.88 Å². The smallest absolute Gasteiger partial charge is 0.387 e. The average molecular weight is 491 g/mol. The second-order valence-electron chi connectivity index (χ2n) is 8.46. The molecule has 2 aliphatic heterocycles. The normalized spacial score (nSPS) is 16.4. The van der Waals surface area contributed by atoms with Crippen LogP contribution in [-0.4, -0.2) is 65.9 Å². The van der Waals surface area contributed by atoms with Crippen LogP contribution in [0.15, 0.2) is 30.5 Å². The number of rotatable bonds is 5. The number of hydrogen-bond acceptors (Lipinski definition) is 8. The third-order valence-electron chi connectivity index (χ3n) is 5.84. The predicted octanol–water partition coefficient (Wildman–Crippen LogP) is 3.77. The lowest BCUT2D eigenvalue weighted by Gasteiger charge is -2.35. The van der Waals surface area contributed by atoms with Crippen LogP contribution in [0.2, 0.25) is 0 Å². The first-order valence-corrected chi connectivity index (χ1v) is 11.6. The molecule has 5 rings (SSSR count). The molecule has 2 fully saturated rings. The molecule has 0 amide bonds. The molecule has 8 nitrogen and oxygen atoms in total. The Bertz CT molecular complexity index is 1130. The zero-order valence-electron chi connectivity index (χ0n) is 19.6. The second-order valence-corrected chi connectivity index (χ2v) is 8.46. The van der Waals surface area contributed by atoms with Crippen LogP contribution in [0.3, 0.4) is 0 Å². The Morgan fingerprint density at radius 2 is 1.80 bits per heavy atom. The van der Waals surface area contributed by atoms with E-state index >= 15 is 0 Å². The number of halogens is 3. The Morgan fingerprint density at radius 3 is 2.43 bits per heavy atom. The molecule has 0 bridgehead atoms. The number of pyridine rings is 1. The maximum Gasteiger partial charge on any atom is 0.387 e. The summed E-state index contributed by atoms with van der Waals surface area (Å²) in [6, 6.07) is 5.65. The molecule has 3 aromatic rings. The molecular formula is C24H29F3N6O2. The highest BCUT2D eigenvalue weighted by molar-refractivity contribution is 5.79. The summed E-state index contributed by atoms with van der Waals surface area (Å²) in [6.45, 7) is 3.91. The van der Waals surface area contributed by atoms with Crippen molar-refractivity contribution in [2.75, 3.05) is 50.0 Å². The molecule has 2 N–H and O–H groups in total.